The van der Waals surface area contributed by atoms with Gasteiger partial charge in [0.25, 0.3) is 0 Å². The fraction of sp³-hybridized carbons (Fsp3) is 0.444. The number of hydrogen-bond acceptors (Lipinski definition) is 10. The van der Waals surface area contributed by atoms with E-state index in [1.165, 1.54) is 51.9 Å². The summed E-state index contributed by atoms with van der Waals surface area (Å²) in [6.07, 6.45) is 20.3. The number of fused-ring (bicyclic) bond motifs is 2. The molecule has 72 heavy (non-hydrogen) atoms. The molecule has 4 aliphatic heterocycles. The van der Waals surface area contributed by atoms with Gasteiger partial charge in [0, 0.05) is 98.0 Å². The Balaban J connectivity index is 0.000000156. The number of piperidine rings is 2. The van der Waals surface area contributed by atoms with Gasteiger partial charge in [-0.3, -0.25) is 19.8 Å². The Labute approximate surface area is 419 Å². The normalized spacial score (nSPS) is 18.9. The first kappa shape index (κ1) is 47.2. The smallest absolute Gasteiger partial charge is 0.326 e. The molecule has 2 aliphatic carbocycles. The van der Waals surface area contributed by atoms with Crippen LogP contribution in [0.5, 0.6) is 23.0 Å². The third-order valence-electron chi connectivity index (χ3n) is 14.8. The van der Waals surface area contributed by atoms with E-state index in [1.54, 1.807) is 58.2 Å². The third-order valence-corrected chi connectivity index (χ3v) is 14.8. The van der Waals surface area contributed by atoms with Crippen molar-refractivity contribution in [2.45, 2.75) is 101 Å². The van der Waals surface area contributed by atoms with Crippen LogP contribution in [0.25, 0.3) is 21.8 Å². The topological polar surface area (TPSA) is 183 Å². The van der Waals surface area contributed by atoms with Crippen molar-refractivity contribution < 1.29 is 28.7 Å². The highest BCUT2D eigenvalue weighted by Gasteiger charge is 2.31. The number of amides is 6. The van der Waals surface area contributed by atoms with Crippen LogP contribution in [0.3, 0.4) is 0 Å². The van der Waals surface area contributed by atoms with Crippen LogP contribution in [-0.2, 0) is 0 Å². The fourth-order valence-corrected chi connectivity index (χ4v) is 10.5. The van der Waals surface area contributed by atoms with E-state index in [0.29, 0.717) is 58.8 Å². The maximum absolute atomic E-state index is 12.8. The monoisotopic (exact) mass is 977 g/mol. The number of aromatic nitrogens is 4. The minimum absolute atomic E-state index is 0.101. The molecule has 2 aromatic carbocycles. The first-order valence-electron chi connectivity index (χ1n) is 26.0. The lowest BCUT2D eigenvalue weighted by atomic mass is 10.0. The molecule has 18 heteroatoms. The van der Waals surface area contributed by atoms with Gasteiger partial charge in [-0.25, -0.2) is 29.1 Å². The molecule has 18 nitrogen and oxygen atoms in total. The molecule has 0 spiro atoms. The number of nitrogens with one attached hydrogen (secondary N) is 4. The Morgan fingerprint density at radius 1 is 0.444 bits per heavy atom. The van der Waals surface area contributed by atoms with Gasteiger partial charge in [0.1, 0.15) is 34.6 Å². The van der Waals surface area contributed by atoms with Crippen LogP contribution in [0.1, 0.15) is 77.0 Å². The second-order valence-corrected chi connectivity index (χ2v) is 20.0. The number of nitrogens with zero attached hydrogens (tertiary/aromatic N) is 8. The van der Waals surface area contributed by atoms with E-state index >= 15 is 0 Å². The lowest BCUT2D eigenvalue weighted by molar-refractivity contribution is 0.140. The number of urea groups is 2. The van der Waals surface area contributed by atoms with Gasteiger partial charge in [-0.2, -0.15) is 0 Å². The largest absolute Gasteiger partial charge is 0.457 e. The molecule has 376 valence electrons. The summed E-state index contributed by atoms with van der Waals surface area (Å²) in [6, 6.07) is 23.4. The molecule has 0 unspecified atom stereocenters. The predicted octanol–water partition coefficient (Wildman–Crippen LogP) is 9.28. The van der Waals surface area contributed by atoms with Crippen molar-refractivity contribution in [3.63, 3.8) is 0 Å². The number of rotatable bonds is 10. The van der Waals surface area contributed by atoms with Gasteiger partial charge in [0.05, 0.1) is 11.0 Å². The molecule has 6 aliphatic rings. The van der Waals surface area contributed by atoms with Crippen molar-refractivity contribution in [1.29, 1.82) is 0 Å². The number of anilines is 2. The van der Waals surface area contributed by atoms with Crippen molar-refractivity contribution in [3.8, 4) is 23.0 Å². The zero-order valence-electron chi connectivity index (χ0n) is 40.7. The van der Waals surface area contributed by atoms with Gasteiger partial charge in [0.15, 0.2) is 0 Å². The minimum Gasteiger partial charge on any atom is -0.457 e. The van der Waals surface area contributed by atoms with Crippen LogP contribution < -0.4 is 30.7 Å². The molecule has 0 bridgehead atoms. The Hall–Kier alpha value is -7.18. The summed E-state index contributed by atoms with van der Waals surface area (Å²) in [5.74, 6) is 3.38. The molecule has 4 saturated heterocycles. The first-order chi connectivity index (χ1) is 35.2. The summed E-state index contributed by atoms with van der Waals surface area (Å²) in [5.41, 5.74) is 1.66. The van der Waals surface area contributed by atoms with Crippen molar-refractivity contribution in [2.24, 2.45) is 0 Å². The third kappa shape index (κ3) is 11.4. The van der Waals surface area contributed by atoms with Gasteiger partial charge in [-0.05, 0) is 164 Å². The van der Waals surface area contributed by atoms with Crippen LogP contribution in [0.2, 0.25) is 0 Å². The standard InChI is InChI=1S/2C27H32N6O3/c2*34-26(32-14-9-21(10-15-32)31-12-1-2-13-31)30-25-18-23(7-11-28-25)36-22-5-6-24-19(17-22)8-16-33(24)27(35)29-20-3-4-20/h2*5-8,11,16-18,20-21H,1-4,9-10,12-15H2,(H,29,35)(H,28,30,34). The highest BCUT2D eigenvalue weighted by molar-refractivity contribution is 5.94. The summed E-state index contributed by atoms with van der Waals surface area (Å²) in [6.45, 7) is 7.85. The van der Waals surface area contributed by atoms with Crippen LogP contribution in [0.4, 0.5) is 30.8 Å². The number of hydrogen-bond donors (Lipinski definition) is 4. The molecule has 0 atom stereocenters. The molecule has 6 fully saturated rings. The van der Waals surface area contributed by atoms with Gasteiger partial charge < -0.3 is 39.7 Å². The molecule has 8 heterocycles. The maximum atomic E-state index is 12.8. The Kier molecular flexibility index (Phi) is 13.9. The van der Waals surface area contributed by atoms with Gasteiger partial charge >= 0.3 is 24.1 Å². The van der Waals surface area contributed by atoms with Crippen molar-refractivity contribution >= 4 is 57.6 Å². The predicted molar refractivity (Wildman–Crippen MR) is 275 cm³/mol. The summed E-state index contributed by atoms with van der Waals surface area (Å²) in [5, 5.41) is 13.7. The number of likely N-dealkylation sites (tertiary alicyclic amines) is 4. The second kappa shape index (κ2) is 21.3. The number of ether oxygens (including phenoxy) is 2. The molecule has 12 rings (SSSR count). The Morgan fingerprint density at radius 3 is 1.22 bits per heavy atom. The van der Waals surface area contributed by atoms with Crippen molar-refractivity contribution in [2.75, 3.05) is 63.0 Å². The quantitative estimate of drug-likeness (QED) is 0.103. The molecule has 4 aromatic heterocycles. The molecular weight excluding hydrogens is 913 g/mol. The van der Waals surface area contributed by atoms with Gasteiger partial charge in [0.2, 0.25) is 0 Å². The lowest BCUT2D eigenvalue weighted by Gasteiger charge is -2.36. The van der Waals surface area contributed by atoms with Crippen LogP contribution in [-0.4, -0.2) is 139 Å². The first-order valence-corrected chi connectivity index (χ1v) is 26.0. The highest BCUT2D eigenvalue weighted by Crippen LogP contribution is 2.31. The molecule has 6 amide bonds. The lowest BCUT2D eigenvalue weighted by Crippen LogP contribution is -2.47. The van der Waals surface area contributed by atoms with Crippen LogP contribution >= 0.6 is 0 Å². The highest BCUT2D eigenvalue weighted by atomic mass is 16.5. The van der Waals surface area contributed by atoms with E-state index in [4.69, 9.17) is 9.47 Å². The van der Waals surface area contributed by atoms with E-state index < -0.39 is 0 Å². The van der Waals surface area contributed by atoms with E-state index in [0.717, 1.165) is 99.4 Å². The van der Waals surface area contributed by atoms with Crippen molar-refractivity contribution in [1.82, 2.24) is 49.3 Å². The average Bonchev–Trinajstić information content (AvgIpc) is 4.04. The maximum Gasteiger partial charge on any atom is 0.326 e. The van der Waals surface area contributed by atoms with Gasteiger partial charge in [-0.15, -0.1) is 0 Å². The SMILES string of the molecule is O=C(Nc1cc(Oc2ccc3c(ccn3C(=O)NC3CC3)c2)ccn1)N1CCC(N2CCCC2)CC1.O=C(Nc1cc(Oc2ccc3c(ccn3C(=O)NC3CC3)c2)ccn1)N1CCC(N2CCCC2)CC1. The zero-order valence-corrected chi connectivity index (χ0v) is 40.7. The van der Waals surface area contributed by atoms with Crippen molar-refractivity contribution in [3.05, 3.63) is 97.6 Å². The summed E-state index contributed by atoms with van der Waals surface area (Å²) in [7, 11) is 0. The number of pyridine rings is 2. The Bertz CT molecular complexity index is 2710. The summed E-state index contributed by atoms with van der Waals surface area (Å²) < 4.78 is 15.4. The molecule has 4 N–H and O–H groups in total. The molecular formula is C54H64N12O6. The average molecular weight is 977 g/mol. The second-order valence-electron chi connectivity index (χ2n) is 20.0. The molecule has 0 radical (unpaired) electrons. The van der Waals surface area contributed by atoms with Crippen LogP contribution in [0, 0.1) is 0 Å². The fourth-order valence-electron chi connectivity index (χ4n) is 10.5. The number of benzene rings is 2. The van der Waals surface area contributed by atoms with E-state index in [-0.39, 0.29) is 24.1 Å². The molecule has 6 aromatic rings. The summed E-state index contributed by atoms with van der Waals surface area (Å²) >= 11 is 0. The number of carbonyl (C=O) groups is 4. The Morgan fingerprint density at radius 2 is 0.833 bits per heavy atom. The minimum atomic E-state index is -0.119. The van der Waals surface area contributed by atoms with Gasteiger partial charge in [-0.1, -0.05) is 0 Å². The van der Waals surface area contributed by atoms with E-state index in [9.17, 15) is 19.2 Å². The van der Waals surface area contributed by atoms with E-state index in [2.05, 4.69) is 41.0 Å². The van der Waals surface area contributed by atoms with Crippen LogP contribution in [0.15, 0.2) is 97.6 Å². The van der Waals surface area contributed by atoms with E-state index in [1.807, 2.05) is 58.3 Å². The summed E-state index contributed by atoms with van der Waals surface area (Å²) in [4.78, 5) is 68.0. The number of carbonyl (C=O) groups excluding carboxylic acids is 4. The molecule has 2 saturated carbocycles. The zero-order chi connectivity index (χ0) is 49.0.